The van der Waals surface area contributed by atoms with E-state index in [4.69, 9.17) is 28.9 Å². The number of azo groups is 1. The molecule has 0 aromatic heterocycles. The largest absolute Gasteiger partial charge is 0.416 e. The minimum absolute atomic E-state index is 0.0430. The van der Waals surface area contributed by atoms with Crippen LogP contribution in [0.25, 0.3) is 0 Å². The fraction of sp³-hybridized carbons (Fsp3) is 0.182. The Bertz CT molecular complexity index is 652. The number of benzene rings is 1. The van der Waals surface area contributed by atoms with Crippen LogP contribution in [0.1, 0.15) is 11.1 Å². The number of nitrogens with two attached hydrogens (primary N) is 1. The minimum Gasteiger partial charge on any atom is -0.382 e. The summed E-state index contributed by atoms with van der Waals surface area (Å²) in [7, 11) is 0. The summed E-state index contributed by atoms with van der Waals surface area (Å²) in [5.41, 5.74) is 2.60. The zero-order valence-corrected chi connectivity index (χ0v) is 11.1. The molecule has 0 radical (unpaired) electrons. The van der Waals surface area contributed by atoms with Crippen LogP contribution in [0, 0.1) is 11.3 Å². The Morgan fingerprint density at radius 2 is 1.80 bits per heavy atom. The molecule has 0 spiro atoms. The molecule has 1 unspecified atom stereocenters. The number of nitrogens with zero attached hydrogens (tertiary/aromatic N) is 3. The molecule has 1 aliphatic heterocycles. The van der Waals surface area contributed by atoms with Crippen LogP contribution in [0.4, 0.5) is 13.2 Å². The maximum atomic E-state index is 12.6. The number of alkyl halides is 3. The second-order valence-corrected chi connectivity index (χ2v) is 4.77. The Kier molecular flexibility index (Phi) is 3.40. The molecule has 2 N–H and O–H groups in total. The molecule has 0 saturated carbocycles. The van der Waals surface area contributed by atoms with Crippen molar-refractivity contribution < 1.29 is 13.2 Å². The van der Waals surface area contributed by atoms with Gasteiger partial charge in [-0.25, -0.2) is 0 Å². The van der Waals surface area contributed by atoms with Crippen molar-refractivity contribution in [3.63, 3.8) is 0 Å². The van der Waals surface area contributed by atoms with E-state index < -0.39 is 17.3 Å². The summed E-state index contributed by atoms with van der Waals surface area (Å²) >= 11 is 11.7. The first-order chi connectivity index (χ1) is 9.19. The molecule has 20 heavy (non-hydrogen) atoms. The van der Waals surface area contributed by atoms with Gasteiger partial charge in [0.15, 0.2) is 0 Å². The van der Waals surface area contributed by atoms with Gasteiger partial charge in [0, 0.05) is 21.7 Å². The van der Waals surface area contributed by atoms with E-state index in [1.165, 1.54) is 6.08 Å². The van der Waals surface area contributed by atoms with Crippen molar-refractivity contribution in [3.05, 3.63) is 45.2 Å². The maximum absolute atomic E-state index is 12.6. The SMILES string of the molecule is N#CC1(c2c(Cl)cc(C(F)(F)F)cc2Cl)C=C(N)N=N1. The molecule has 2 rings (SSSR count). The monoisotopic (exact) mass is 320 g/mol. The average Bonchev–Trinajstić information content (AvgIpc) is 2.70. The van der Waals surface area contributed by atoms with Gasteiger partial charge >= 0.3 is 6.18 Å². The van der Waals surface area contributed by atoms with Crippen molar-refractivity contribution in [1.82, 2.24) is 0 Å². The molecule has 0 saturated heterocycles. The first-order valence-corrected chi connectivity index (χ1v) is 5.84. The predicted octanol–water partition coefficient (Wildman–Crippen LogP) is 4.00. The summed E-state index contributed by atoms with van der Waals surface area (Å²) < 4.78 is 37.9. The molecule has 9 heteroatoms. The van der Waals surface area contributed by atoms with E-state index in [-0.39, 0.29) is 21.4 Å². The third-order valence-corrected chi connectivity index (χ3v) is 3.20. The molecule has 1 aromatic rings. The van der Waals surface area contributed by atoms with E-state index in [0.29, 0.717) is 12.1 Å². The Hall–Kier alpha value is -1.78. The van der Waals surface area contributed by atoms with Crippen molar-refractivity contribution >= 4 is 23.2 Å². The van der Waals surface area contributed by atoms with Crippen LogP contribution >= 0.6 is 23.2 Å². The van der Waals surface area contributed by atoms with Crippen LogP contribution in [0.5, 0.6) is 0 Å². The van der Waals surface area contributed by atoms with Crippen LogP contribution in [0.3, 0.4) is 0 Å². The first kappa shape index (κ1) is 14.6. The van der Waals surface area contributed by atoms with E-state index in [2.05, 4.69) is 10.2 Å². The second-order valence-electron chi connectivity index (χ2n) is 3.96. The van der Waals surface area contributed by atoms with Gasteiger partial charge in [0.25, 0.3) is 0 Å². The molecule has 0 amide bonds. The van der Waals surface area contributed by atoms with Crippen molar-refractivity contribution in [2.24, 2.45) is 16.0 Å². The molecule has 0 fully saturated rings. The summed E-state index contributed by atoms with van der Waals surface area (Å²) in [6, 6.07) is 3.16. The fourth-order valence-corrected chi connectivity index (χ4v) is 2.52. The second kappa shape index (κ2) is 4.65. The quantitative estimate of drug-likeness (QED) is 0.849. The van der Waals surface area contributed by atoms with Crippen molar-refractivity contribution in [2.75, 3.05) is 0 Å². The Balaban J connectivity index is 2.67. The topological polar surface area (TPSA) is 74.5 Å². The number of hydrogen-bond donors (Lipinski definition) is 1. The molecule has 0 aliphatic carbocycles. The molecule has 104 valence electrons. The molecule has 1 aromatic carbocycles. The van der Waals surface area contributed by atoms with Crippen LogP contribution in [0.15, 0.2) is 34.3 Å². The van der Waals surface area contributed by atoms with E-state index in [0.717, 1.165) is 0 Å². The lowest BCUT2D eigenvalue weighted by atomic mass is 9.91. The van der Waals surface area contributed by atoms with Crippen LogP contribution < -0.4 is 5.73 Å². The average molecular weight is 321 g/mol. The van der Waals surface area contributed by atoms with Crippen molar-refractivity contribution in [3.8, 4) is 6.07 Å². The zero-order valence-electron chi connectivity index (χ0n) is 9.54. The Labute approximate surface area is 121 Å². The van der Waals surface area contributed by atoms with Gasteiger partial charge in [0.2, 0.25) is 5.54 Å². The number of hydrogen-bond acceptors (Lipinski definition) is 4. The minimum atomic E-state index is -4.60. The zero-order chi connectivity index (χ0) is 15.1. The maximum Gasteiger partial charge on any atom is 0.416 e. The van der Waals surface area contributed by atoms with Crippen molar-refractivity contribution in [1.29, 1.82) is 5.26 Å². The lowest BCUT2D eigenvalue weighted by Gasteiger charge is -2.19. The third-order valence-electron chi connectivity index (χ3n) is 2.60. The standard InChI is InChI=1S/C11H5Cl2F3N4/c12-6-1-5(11(14,15)16)2-7(13)9(6)10(4-17)3-8(18)19-20-10/h1-3H,18H2. The van der Waals surface area contributed by atoms with Crippen LogP contribution in [0.2, 0.25) is 10.0 Å². The molecule has 4 nitrogen and oxygen atoms in total. The molecular formula is C11H5Cl2F3N4. The lowest BCUT2D eigenvalue weighted by molar-refractivity contribution is -0.137. The first-order valence-electron chi connectivity index (χ1n) is 5.09. The highest BCUT2D eigenvalue weighted by Crippen LogP contribution is 2.43. The third kappa shape index (κ3) is 2.32. The molecule has 1 aliphatic rings. The summed E-state index contributed by atoms with van der Waals surface area (Å²) in [4.78, 5) is 0. The van der Waals surface area contributed by atoms with Gasteiger partial charge in [-0.3, -0.25) is 0 Å². The summed E-state index contributed by atoms with van der Waals surface area (Å²) in [5, 5.41) is 15.7. The predicted molar refractivity (Wildman–Crippen MR) is 65.9 cm³/mol. The van der Waals surface area contributed by atoms with Gasteiger partial charge in [0.05, 0.1) is 5.56 Å². The number of rotatable bonds is 1. The van der Waals surface area contributed by atoms with Gasteiger partial charge in [-0.1, -0.05) is 23.2 Å². The summed E-state index contributed by atoms with van der Waals surface area (Å²) in [5.74, 6) is -0.0430. The molecule has 1 atom stereocenters. The van der Waals surface area contributed by atoms with Crippen LogP contribution in [-0.4, -0.2) is 0 Å². The van der Waals surface area contributed by atoms with Gasteiger partial charge in [-0.15, -0.1) is 5.11 Å². The number of nitriles is 1. The van der Waals surface area contributed by atoms with Crippen LogP contribution in [-0.2, 0) is 11.7 Å². The highest BCUT2D eigenvalue weighted by Gasteiger charge is 2.40. The molecule has 0 bridgehead atoms. The van der Waals surface area contributed by atoms with Gasteiger partial charge in [-0.2, -0.15) is 23.5 Å². The normalized spacial score (nSPS) is 21.7. The Morgan fingerprint density at radius 3 is 2.15 bits per heavy atom. The van der Waals surface area contributed by atoms with Crippen molar-refractivity contribution in [2.45, 2.75) is 11.7 Å². The van der Waals surface area contributed by atoms with Gasteiger partial charge in [-0.05, 0) is 12.1 Å². The summed E-state index contributed by atoms with van der Waals surface area (Å²) in [6.45, 7) is 0. The van der Waals surface area contributed by atoms with Gasteiger partial charge in [0.1, 0.15) is 11.9 Å². The van der Waals surface area contributed by atoms with E-state index in [1.54, 1.807) is 6.07 Å². The Morgan fingerprint density at radius 1 is 1.25 bits per heavy atom. The summed E-state index contributed by atoms with van der Waals surface area (Å²) in [6.07, 6.45) is -3.43. The highest BCUT2D eigenvalue weighted by molar-refractivity contribution is 6.36. The number of halogens is 5. The molecular weight excluding hydrogens is 316 g/mol. The van der Waals surface area contributed by atoms with E-state index >= 15 is 0 Å². The smallest absolute Gasteiger partial charge is 0.382 e. The highest BCUT2D eigenvalue weighted by atomic mass is 35.5. The van der Waals surface area contributed by atoms with Gasteiger partial charge < -0.3 is 5.73 Å². The lowest BCUT2D eigenvalue weighted by Crippen LogP contribution is -2.19. The van der Waals surface area contributed by atoms with E-state index in [1.807, 2.05) is 0 Å². The fourth-order valence-electron chi connectivity index (χ4n) is 1.74. The van der Waals surface area contributed by atoms with E-state index in [9.17, 15) is 18.4 Å². The molecule has 1 heterocycles.